The van der Waals surface area contributed by atoms with E-state index in [1.165, 1.54) is 29.5 Å². The number of hydrogen-bond donors (Lipinski definition) is 2. The Bertz CT molecular complexity index is 1270. The molecule has 0 spiro atoms. The fraction of sp³-hybridized carbons (Fsp3) is 0.150. The van der Waals surface area contributed by atoms with Gasteiger partial charge in [0.15, 0.2) is 10.9 Å². The molecule has 0 aliphatic rings. The fourth-order valence-corrected chi connectivity index (χ4v) is 3.96. The zero-order chi connectivity index (χ0) is 21.3. The summed E-state index contributed by atoms with van der Waals surface area (Å²) in [5.74, 6) is -0.389. The summed E-state index contributed by atoms with van der Waals surface area (Å²) in [7, 11) is 0. The molecule has 7 nitrogen and oxygen atoms in total. The second-order valence-corrected chi connectivity index (χ2v) is 7.85. The Morgan fingerprint density at radius 1 is 1.23 bits per heavy atom. The van der Waals surface area contributed by atoms with Crippen LogP contribution in [0.1, 0.15) is 28.7 Å². The number of fused-ring (bicyclic) bond motifs is 1. The molecule has 152 valence electrons. The summed E-state index contributed by atoms with van der Waals surface area (Å²) in [4.78, 5) is 13.0. The van der Waals surface area contributed by atoms with E-state index in [4.69, 9.17) is 12.2 Å². The van der Waals surface area contributed by atoms with E-state index in [1.54, 1.807) is 10.6 Å². The number of aromatic nitrogens is 4. The van der Waals surface area contributed by atoms with Crippen LogP contribution in [0.15, 0.2) is 42.5 Å². The molecule has 0 bridgehead atoms. The average Bonchev–Trinajstić information content (AvgIpc) is 3.30. The third-order valence-electron chi connectivity index (χ3n) is 4.44. The van der Waals surface area contributed by atoms with E-state index in [-0.39, 0.29) is 10.7 Å². The zero-order valence-electron chi connectivity index (χ0n) is 16.1. The SMILES string of the molecule is CCc1nnc2sc(-c3ccc(NC(=S)NC(=O)c4ccccc4F)c(C)c3)nn12. The van der Waals surface area contributed by atoms with Crippen LogP contribution >= 0.6 is 23.6 Å². The van der Waals surface area contributed by atoms with Crippen LogP contribution in [0.4, 0.5) is 10.1 Å². The van der Waals surface area contributed by atoms with Crippen molar-refractivity contribution in [3.63, 3.8) is 0 Å². The van der Waals surface area contributed by atoms with Crippen LogP contribution in [0.25, 0.3) is 15.5 Å². The van der Waals surface area contributed by atoms with Crippen LogP contribution in [0.2, 0.25) is 0 Å². The van der Waals surface area contributed by atoms with Gasteiger partial charge in [-0.25, -0.2) is 4.39 Å². The van der Waals surface area contributed by atoms with Crippen LogP contribution in [-0.4, -0.2) is 30.8 Å². The smallest absolute Gasteiger partial charge is 0.260 e. The van der Waals surface area contributed by atoms with E-state index >= 15 is 0 Å². The normalized spacial score (nSPS) is 10.9. The van der Waals surface area contributed by atoms with Gasteiger partial charge in [0.2, 0.25) is 4.96 Å². The molecule has 1 amide bonds. The molecule has 2 aromatic carbocycles. The number of thiocarbonyl (C=S) groups is 1. The van der Waals surface area contributed by atoms with Crippen molar-refractivity contribution in [2.45, 2.75) is 20.3 Å². The number of nitrogens with zero attached hydrogens (tertiary/aromatic N) is 4. The van der Waals surface area contributed by atoms with Gasteiger partial charge in [-0.2, -0.15) is 9.61 Å². The maximum Gasteiger partial charge on any atom is 0.260 e. The highest BCUT2D eigenvalue weighted by Crippen LogP contribution is 2.28. The number of rotatable bonds is 4. The monoisotopic (exact) mass is 440 g/mol. The van der Waals surface area contributed by atoms with Gasteiger partial charge in [0.25, 0.3) is 5.91 Å². The maximum atomic E-state index is 13.7. The van der Waals surface area contributed by atoms with Crippen molar-refractivity contribution >= 4 is 45.2 Å². The first-order valence-electron chi connectivity index (χ1n) is 9.15. The molecule has 0 saturated carbocycles. The molecule has 0 saturated heterocycles. The fourth-order valence-electron chi connectivity index (χ4n) is 2.90. The van der Waals surface area contributed by atoms with E-state index in [9.17, 15) is 9.18 Å². The van der Waals surface area contributed by atoms with Gasteiger partial charge in [-0.1, -0.05) is 30.4 Å². The van der Waals surface area contributed by atoms with Crippen molar-refractivity contribution in [3.8, 4) is 10.6 Å². The van der Waals surface area contributed by atoms with Gasteiger partial charge < -0.3 is 5.32 Å². The molecule has 0 radical (unpaired) electrons. The molecule has 0 aliphatic carbocycles. The van der Waals surface area contributed by atoms with Gasteiger partial charge in [0, 0.05) is 17.7 Å². The van der Waals surface area contributed by atoms with Crippen molar-refractivity contribution in [2.75, 3.05) is 5.32 Å². The number of anilines is 1. The minimum atomic E-state index is -0.605. The Morgan fingerprint density at radius 2 is 2.03 bits per heavy atom. The van der Waals surface area contributed by atoms with Gasteiger partial charge >= 0.3 is 0 Å². The molecular formula is C20H17FN6OS2. The third kappa shape index (κ3) is 3.91. The minimum Gasteiger partial charge on any atom is -0.332 e. The van der Waals surface area contributed by atoms with E-state index in [0.29, 0.717) is 0 Å². The van der Waals surface area contributed by atoms with Gasteiger partial charge in [-0.05, 0) is 55.0 Å². The van der Waals surface area contributed by atoms with Crippen LogP contribution in [0, 0.1) is 12.7 Å². The Kier molecular flexibility index (Phi) is 5.51. The summed E-state index contributed by atoms with van der Waals surface area (Å²) >= 11 is 6.67. The van der Waals surface area contributed by atoms with Gasteiger partial charge in [-0.15, -0.1) is 10.2 Å². The minimum absolute atomic E-state index is 0.0663. The topological polar surface area (TPSA) is 84.2 Å². The highest BCUT2D eigenvalue weighted by Gasteiger charge is 2.15. The van der Waals surface area contributed by atoms with Gasteiger partial charge in [-0.3, -0.25) is 10.1 Å². The second kappa shape index (κ2) is 8.25. The first-order chi connectivity index (χ1) is 14.5. The molecule has 10 heteroatoms. The number of carbonyl (C=O) groups excluding carboxylic acids is 1. The van der Waals surface area contributed by atoms with Crippen LogP contribution in [0.5, 0.6) is 0 Å². The predicted molar refractivity (Wildman–Crippen MR) is 118 cm³/mol. The lowest BCUT2D eigenvalue weighted by Crippen LogP contribution is -2.34. The lowest BCUT2D eigenvalue weighted by molar-refractivity contribution is 0.0974. The molecule has 0 unspecified atom stereocenters. The highest BCUT2D eigenvalue weighted by atomic mass is 32.1. The number of benzene rings is 2. The number of hydrogen-bond acceptors (Lipinski definition) is 6. The Morgan fingerprint density at radius 3 is 2.77 bits per heavy atom. The molecule has 0 aliphatic heterocycles. The lowest BCUT2D eigenvalue weighted by atomic mass is 10.1. The predicted octanol–water partition coefficient (Wildman–Crippen LogP) is 3.99. The standard InChI is InChI=1S/C20H17FN6OS2/c1-3-16-24-25-20-27(16)26-18(30-20)12-8-9-15(11(2)10-12)22-19(29)23-17(28)13-6-4-5-7-14(13)21/h4-10H,3H2,1-2H3,(H2,22,23,28,29). The number of carbonyl (C=O) groups is 1. The molecular weight excluding hydrogens is 423 g/mol. The third-order valence-corrected chi connectivity index (χ3v) is 5.59. The first-order valence-corrected chi connectivity index (χ1v) is 10.4. The lowest BCUT2D eigenvalue weighted by Gasteiger charge is -2.12. The van der Waals surface area contributed by atoms with Crippen molar-refractivity contribution in [3.05, 3.63) is 65.2 Å². The molecule has 2 aromatic heterocycles. The van der Waals surface area contributed by atoms with Gasteiger partial charge in [0.05, 0.1) is 5.56 Å². The van der Waals surface area contributed by atoms with E-state index < -0.39 is 11.7 Å². The Hall–Kier alpha value is -3.24. The maximum absolute atomic E-state index is 13.7. The number of nitrogens with one attached hydrogen (secondary N) is 2. The summed E-state index contributed by atoms with van der Waals surface area (Å²) < 4.78 is 15.5. The van der Waals surface area contributed by atoms with Crippen molar-refractivity contribution < 1.29 is 9.18 Å². The van der Waals surface area contributed by atoms with Crippen LogP contribution in [0.3, 0.4) is 0 Å². The number of halogens is 1. The summed E-state index contributed by atoms with van der Waals surface area (Å²) in [6, 6.07) is 11.5. The molecule has 0 fully saturated rings. The summed E-state index contributed by atoms with van der Waals surface area (Å²) in [6.07, 6.45) is 0.752. The molecule has 2 heterocycles. The molecule has 30 heavy (non-hydrogen) atoms. The largest absolute Gasteiger partial charge is 0.332 e. The molecule has 4 rings (SSSR count). The Labute approximate surface area is 181 Å². The molecule has 2 N–H and O–H groups in total. The van der Waals surface area contributed by atoms with Crippen LogP contribution in [-0.2, 0) is 6.42 Å². The first kappa shape index (κ1) is 20.0. The highest BCUT2D eigenvalue weighted by molar-refractivity contribution is 7.80. The zero-order valence-corrected chi connectivity index (χ0v) is 17.8. The number of amides is 1. The van der Waals surface area contributed by atoms with Crippen molar-refractivity contribution in [2.24, 2.45) is 0 Å². The molecule has 4 aromatic rings. The quantitative estimate of drug-likeness (QED) is 0.467. The summed E-state index contributed by atoms with van der Waals surface area (Å²) in [5.41, 5.74) is 2.52. The molecule has 0 atom stereocenters. The average molecular weight is 441 g/mol. The van der Waals surface area contributed by atoms with Gasteiger partial charge in [0.1, 0.15) is 10.8 Å². The van der Waals surface area contributed by atoms with Crippen molar-refractivity contribution in [1.82, 2.24) is 25.1 Å². The number of aryl methyl sites for hydroxylation is 2. The van der Waals surface area contributed by atoms with Crippen molar-refractivity contribution in [1.29, 1.82) is 0 Å². The summed E-state index contributed by atoms with van der Waals surface area (Å²) in [5, 5.41) is 19.2. The van der Waals surface area contributed by atoms with E-state index in [1.807, 2.05) is 32.0 Å². The Balaban J connectivity index is 1.49. The summed E-state index contributed by atoms with van der Waals surface area (Å²) in [6.45, 7) is 3.93. The van der Waals surface area contributed by atoms with E-state index in [0.717, 1.165) is 39.0 Å². The van der Waals surface area contributed by atoms with Crippen LogP contribution < -0.4 is 10.6 Å². The van der Waals surface area contributed by atoms with E-state index in [2.05, 4.69) is 25.9 Å². The second-order valence-electron chi connectivity index (χ2n) is 6.49.